The molecule has 1 amide bonds. The molecule has 13 heavy (non-hydrogen) atoms. The summed E-state index contributed by atoms with van der Waals surface area (Å²) in [6.07, 6.45) is 5.40. The Morgan fingerprint density at radius 3 is 3.08 bits per heavy atom. The number of rotatable bonds is 2. The molecule has 2 atom stereocenters. The van der Waals surface area contributed by atoms with Crippen LogP contribution in [0, 0.1) is 0 Å². The molecule has 2 heterocycles. The summed E-state index contributed by atoms with van der Waals surface area (Å²) in [4.78, 5) is 10.9. The highest BCUT2D eigenvalue weighted by Gasteiger charge is 2.46. The normalized spacial score (nSPS) is 38.5. The molecule has 0 aromatic carbocycles. The largest absolute Gasteiger partial charge is 0.378 e. The van der Waals surface area contributed by atoms with Gasteiger partial charge in [0.25, 0.3) is 0 Å². The van der Waals surface area contributed by atoms with Crippen molar-refractivity contribution < 1.29 is 9.53 Å². The van der Waals surface area contributed by atoms with Gasteiger partial charge in [-0.3, -0.25) is 4.79 Å². The zero-order valence-electron chi connectivity index (χ0n) is 8.14. The van der Waals surface area contributed by atoms with Crippen LogP contribution in [0.3, 0.4) is 0 Å². The molecule has 2 aliphatic rings. The molecule has 0 saturated carbocycles. The predicted octanol–water partition coefficient (Wildman–Crippen LogP) is 1.22. The van der Waals surface area contributed by atoms with Gasteiger partial charge < -0.3 is 10.1 Å². The lowest BCUT2D eigenvalue weighted by atomic mass is 9.77. The number of amides is 1. The molecule has 2 saturated heterocycles. The van der Waals surface area contributed by atoms with Crippen molar-refractivity contribution in [1.29, 1.82) is 0 Å². The first kappa shape index (κ1) is 9.00. The topological polar surface area (TPSA) is 38.3 Å². The number of hydrogen-bond donors (Lipinski definition) is 1. The quantitative estimate of drug-likeness (QED) is 0.654. The van der Waals surface area contributed by atoms with Gasteiger partial charge in [-0.2, -0.15) is 0 Å². The highest BCUT2D eigenvalue weighted by Crippen LogP contribution is 2.34. The first-order chi connectivity index (χ1) is 6.24. The van der Waals surface area contributed by atoms with Gasteiger partial charge in [0.05, 0.1) is 11.6 Å². The molecule has 2 aliphatic heterocycles. The molecular weight excluding hydrogens is 166 g/mol. The number of hydrogen-bond acceptors (Lipinski definition) is 2. The van der Waals surface area contributed by atoms with Crippen molar-refractivity contribution in [2.24, 2.45) is 0 Å². The lowest BCUT2D eigenvalue weighted by Gasteiger charge is -2.47. The van der Waals surface area contributed by atoms with Crippen molar-refractivity contribution >= 4 is 5.91 Å². The molecule has 0 bridgehead atoms. The number of carbonyl (C=O) groups excluding carboxylic acids is 1. The lowest BCUT2D eigenvalue weighted by Crippen LogP contribution is -2.64. The van der Waals surface area contributed by atoms with E-state index in [4.69, 9.17) is 4.74 Å². The molecule has 1 spiro atoms. The minimum atomic E-state index is 0.120. The van der Waals surface area contributed by atoms with Gasteiger partial charge in [-0.05, 0) is 19.3 Å². The third kappa shape index (κ3) is 1.70. The molecule has 2 unspecified atom stereocenters. The summed E-state index contributed by atoms with van der Waals surface area (Å²) in [7, 11) is 0. The summed E-state index contributed by atoms with van der Waals surface area (Å²) < 4.78 is 5.63. The van der Waals surface area contributed by atoms with Gasteiger partial charge >= 0.3 is 0 Å². The van der Waals surface area contributed by atoms with Crippen LogP contribution in [-0.2, 0) is 9.53 Å². The van der Waals surface area contributed by atoms with Crippen LogP contribution in [0.15, 0.2) is 0 Å². The molecule has 74 valence electrons. The summed E-state index contributed by atoms with van der Waals surface area (Å²) >= 11 is 0. The van der Waals surface area contributed by atoms with Crippen molar-refractivity contribution in [2.75, 3.05) is 6.61 Å². The monoisotopic (exact) mass is 183 g/mol. The van der Waals surface area contributed by atoms with E-state index in [1.54, 1.807) is 0 Å². The van der Waals surface area contributed by atoms with E-state index in [0.29, 0.717) is 6.10 Å². The second-order valence-corrected chi connectivity index (χ2v) is 4.24. The van der Waals surface area contributed by atoms with E-state index < -0.39 is 0 Å². The molecule has 0 radical (unpaired) electrons. The van der Waals surface area contributed by atoms with Crippen LogP contribution >= 0.6 is 0 Å². The van der Waals surface area contributed by atoms with Gasteiger partial charge in [0.1, 0.15) is 0 Å². The maximum Gasteiger partial charge on any atom is 0.222 e. The standard InChI is InChI=1S/C10H17NO2/c1-2-3-8-6-10(4-5-13-8)7-9(12)11-10/h8H,2-7H2,1H3,(H,11,12). The van der Waals surface area contributed by atoms with E-state index in [2.05, 4.69) is 12.2 Å². The number of ether oxygens (including phenoxy) is 1. The van der Waals surface area contributed by atoms with Gasteiger partial charge in [0.15, 0.2) is 0 Å². The number of β-lactam (4-membered cyclic amide) rings is 1. The van der Waals surface area contributed by atoms with E-state index >= 15 is 0 Å². The molecule has 0 aromatic heterocycles. The minimum absolute atomic E-state index is 0.120. The first-order valence-corrected chi connectivity index (χ1v) is 5.17. The Balaban J connectivity index is 1.89. The Labute approximate surface area is 78.8 Å². The first-order valence-electron chi connectivity index (χ1n) is 5.17. The Hall–Kier alpha value is -0.570. The van der Waals surface area contributed by atoms with Crippen molar-refractivity contribution in [1.82, 2.24) is 5.32 Å². The maximum absolute atomic E-state index is 10.9. The van der Waals surface area contributed by atoms with Crippen LogP contribution < -0.4 is 5.32 Å². The van der Waals surface area contributed by atoms with E-state index in [-0.39, 0.29) is 11.4 Å². The molecule has 2 rings (SSSR count). The zero-order valence-corrected chi connectivity index (χ0v) is 8.14. The van der Waals surface area contributed by atoms with Crippen LogP contribution in [-0.4, -0.2) is 24.2 Å². The average molecular weight is 183 g/mol. The molecular formula is C10H17NO2. The fourth-order valence-electron chi connectivity index (χ4n) is 2.38. The Morgan fingerprint density at radius 2 is 2.46 bits per heavy atom. The van der Waals surface area contributed by atoms with Gasteiger partial charge in [0.2, 0.25) is 5.91 Å². The number of nitrogens with one attached hydrogen (secondary N) is 1. The summed E-state index contributed by atoms with van der Waals surface area (Å²) in [5.41, 5.74) is 0.120. The van der Waals surface area contributed by atoms with Crippen LogP contribution in [0.1, 0.15) is 39.0 Å². The highest BCUT2D eigenvalue weighted by molar-refractivity contribution is 5.84. The molecule has 0 aromatic rings. The number of carbonyl (C=O) groups is 1. The molecule has 2 fully saturated rings. The van der Waals surface area contributed by atoms with E-state index in [1.807, 2.05) is 0 Å². The van der Waals surface area contributed by atoms with Crippen LogP contribution in [0.25, 0.3) is 0 Å². The molecule has 0 aliphatic carbocycles. The van der Waals surface area contributed by atoms with Gasteiger partial charge in [0, 0.05) is 13.0 Å². The van der Waals surface area contributed by atoms with Gasteiger partial charge in [-0.25, -0.2) is 0 Å². The fraction of sp³-hybridized carbons (Fsp3) is 0.900. The maximum atomic E-state index is 10.9. The Bertz CT molecular complexity index is 205. The van der Waals surface area contributed by atoms with Crippen molar-refractivity contribution in [3.8, 4) is 0 Å². The second-order valence-electron chi connectivity index (χ2n) is 4.24. The lowest BCUT2D eigenvalue weighted by molar-refractivity contribution is -0.140. The van der Waals surface area contributed by atoms with Crippen LogP contribution in [0.4, 0.5) is 0 Å². The van der Waals surface area contributed by atoms with E-state index in [1.165, 1.54) is 0 Å². The van der Waals surface area contributed by atoms with Crippen LogP contribution in [0.5, 0.6) is 0 Å². The summed E-state index contributed by atoms with van der Waals surface area (Å²) in [5, 5.41) is 3.03. The zero-order chi connectivity index (χ0) is 9.31. The Morgan fingerprint density at radius 1 is 1.69 bits per heavy atom. The molecule has 1 N–H and O–H groups in total. The SMILES string of the molecule is CCCC1CC2(CCO1)CC(=O)N2. The predicted molar refractivity (Wildman–Crippen MR) is 49.4 cm³/mol. The van der Waals surface area contributed by atoms with Gasteiger partial charge in [-0.1, -0.05) is 13.3 Å². The summed E-state index contributed by atoms with van der Waals surface area (Å²) in [5.74, 6) is 0.206. The minimum Gasteiger partial charge on any atom is -0.378 e. The Kier molecular flexibility index (Phi) is 2.28. The molecule has 3 nitrogen and oxygen atoms in total. The second kappa shape index (κ2) is 3.29. The van der Waals surface area contributed by atoms with E-state index in [0.717, 1.165) is 38.7 Å². The van der Waals surface area contributed by atoms with E-state index in [9.17, 15) is 4.79 Å². The summed E-state index contributed by atoms with van der Waals surface area (Å²) in [6.45, 7) is 2.98. The van der Waals surface area contributed by atoms with Gasteiger partial charge in [-0.15, -0.1) is 0 Å². The average Bonchev–Trinajstić information content (AvgIpc) is 2.03. The fourth-order valence-corrected chi connectivity index (χ4v) is 2.38. The molecule has 3 heteroatoms. The summed E-state index contributed by atoms with van der Waals surface area (Å²) in [6, 6.07) is 0. The van der Waals surface area contributed by atoms with Crippen molar-refractivity contribution in [3.63, 3.8) is 0 Å². The highest BCUT2D eigenvalue weighted by atomic mass is 16.5. The van der Waals surface area contributed by atoms with Crippen LogP contribution in [0.2, 0.25) is 0 Å². The van der Waals surface area contributed by atoms with Crippen molar-refractivity contribution in [3.05, 3.63) is 0 Å². The third-order valence-electron chi connectivity index (χ3n) is 3.07. The van der Waals surface area contributed by atoms with Crippen molar-refractivity contribution in [2.45, 2.75) is 50.7 Å². The third-order valence-corrected chi connectivity index (χ3v) is 3.07. The smallest absolute Gasteiger partial charge is 0.222 e.